The summed E-state index contributed by atoms with van der Waals surface area (Å²) >= 11 is 0. The van der Waals surface area contributed by atoms with Crippen molar-refractivity contribution >= 4 is 0 Å². The van der Waals surface area contributed by atoms with Crippen molar-refractivity contribution in [2.45, 2.75) is 44.9 Å². The van der Waals surface area contributed by atoms with Gasteiger partial charge in [-0.05, 0) is 81.4 Å². The van der Waals surface area contributed by atoms with Crippen molar-refractivity contribution in [3.8, 4) is 11.5 Å². The van der Waals surface area contributed by atoms with Crippen LogP contribution in [-0.2, 0) is 12.8 Å². The maximum atomic E-state index is 12.2. The highest BCUT2D eigenvalue weighted by atomic mass is 16.5. The molecule has 3 rings (SSSR count). The quantitative estimate of drug-likeness (QED) is 0.203. The molecule has 0 aliphatic heterocycles. The molecule has 0 heterocycles. The molecule has 2 aromatic rings. The molecular weight excluding hydrogens is 460 g/mol. The van der Waals surface area contributed by atoms with Crippen LogP contribution >= 0.6 is 0 Å². The van der Waals surface area contributed by atoms with Crippen LogP contribution in [0.1, 0.15) is 54.4 Å². The standard InChI is InChI=1S/C32H46N2O3/c1-22(2)32-28(26-20-24(14-16-33(4)5)10-12-30(26)36-8)18-23(3)19-29(32)27-21-25(11-13-31(27)37-9)15-17-34(6,7)35/h10-13,18,20-21,28-29,32H,1,14-17,19H2,2-9H3/t28-,29-,32+/m0/s1. The average molecular weight is 507 g/mol. The molecule has 0 saturated carbocycles. The van der Waals surface area contributed by atoms with Crippen LogP contribution in [0.2, 0.25) is 0 Å². The lowest BCUT2D eigenvalue weighted by Gasteiger charge is -2.39. The van der Waals surface area contributed by atoms with E-state index < -0.39 is 0 Å². The van der Waals surface area contributed by atoms with Gasteiger partial charge in [0.2, 0.25) is 0 Å². The molecule has 0 unspecified atom stereocenters. The van der Waals surface area contributed by atoms with Gasteiger partial charge in [0, 0.05) is 24.4 Å². The highest BCUT2D eigenvalue weighted by molar-refractivity contribution is 5.48. The van der Waals surface area contributed by atoms with Crippen molar-refractivity contribution < 1.29 is 14.1 Å². The Labute approximate surface area is 224 Å². The lowest BCUT2D eigenvalue weighted by Crippen LogP contribution is -2.34. The number of benzene rings is 2. The van der Waals surface area contributed by atoms with Crippen molar-refractivity contribution in [1.82, 2.24) is 4.90 Å². The molecule has 202 valence electrons. The fourth-order valence-corrected chi connectivity index (χ4v) is 5.62. The zero-order chi connectivity index (χ0) is 27.3. The van der Waals surface area contributed by atoms with Crippen molar-refractivity contribution in [3.05, 3.63) is 87.7 Å². The Kier molecular flexibility index (Phi) is 9.63. The van der Waals surface area contributed by atoms with E-state index in [0.29, 0.717) is 6.54 Å². The third-order valence-corrected chi connectivity index (χ3v) is 7.53. The van der Waals surface area contributed by atoms with Crippen LogP contribution in [0.5, 0.6) is 11.5 Å². The van der Waals surface area contributed by atoms with E-state index in [2.05, 4.69) is 81.9 Å². The zero-order valence-electron chi connectivity index (χ0n) is 24.1. The Morgan fingerprint density at radius 1 is 1.00 bits per heavy atom. The number of hydrogen-bond donors (Lipinski definition) is 0. The topological polar surface area (TPSA) is 44.8 Å². The first-order chi connectivity index (χ1) is 17.4. The first-order valence-electron chi connectivity index (χ1n) is 13.3. The van der Waals surface area contributed by atoms with Crippen molar-refractivity contribution in [2.75, 3.05) is 55.5 Å². The molecule has 3 atom stereocenters. The van der Waals surface area contributed by atoms with Crippen LogP contribution in [0.15, 0.2) is 60.2 Å². The number of ether oxygens (including phenoxy) is 2. The molecule has 0 saturated heterocycles. The average Bonchev–Trinajstić information content (AvgIpc) is 2.84. The summed E-state index contributed by atoms with van der Waals surface area (Å²) in [6, 6.07) is 13.0. The van der Waals surface area contributed by atoms with Crippen LogP contribution in [0.4, 0.5) is 0 Å². The molecule has 0 bridgehead atoms. The molecular formula is C32H46N2O3. The van der Waals surface area contributed by atoms with Gasteiger partial charge in [0.15, 0.2) is 0 Å². The molecule has 0 radical (unpaired) electrons. The van der Waals surface area contributed by atoms with Crippen LogP contribution in [-0.4, -0.2) is 65.0 Å². The monoisotopic (exact) mass is 506 g/mol. The number of rotatable bonds is 11. The Morgan fingerprint density at radius 3 is 2.11 bits per heavy atom. The number of quaternary nitrogens is 1. The van der Waals surface area contributed by atoms with Crippen molar-refractivity contribution in [1.29, 1.82) is 0 Å². The first kappa shape index (κ1) is 29.0. The fraction of sp³-hybridized carbons (Fsp3) is 0.500. The predicted octanol–water partition coefficient (Wildman–Crippen LogP) is 6.33. The van der Waals surface area contributed by atoms with E-state index in [4.69, 9.17) is 9.47 Å². The third kappa shape index (κ3) is 7.47. The number of methoxy groups -OCH3 is 2. The molecule has 2 aromatic carbocycles. The molecule has 0 spiro atoms. The number of likely N-dealkylation sites (N-methyl/N-ethyl adjacent to an activating group) is 2. The molecule has 1 aliphatic rings. The van der Waals surface area contributed by atoms with Gasteiger partial charge in [-0.15, -0.1) is 0 Å². The number of hydrogen-bond acceptors (Lipinski definition) is 4. The minimum absolute atomic E-state index is 0.149. The number of allylic oxidation sites excluding steroid dienone is 3. The SMILES string of the molecule is C=C(C)[C@@H]1[C@H](c2cc(CCN(C)C)ccc2OC)C=C(C)C[C@H]1c1cc(CC[N+](C)(C)[O-])ccc1OC. The van der Waals surface area contributed by atoms with Gasteiger partial charge in [0.1, 0.15) is 11.5 Å². The summed E-state index contributed by atoms with van der Waals surface area (Å²) in [5.41, 5.74) is 7.42. The Balaban J connectivity index is 2.08. The van der Waals surface area contributed by atoms with Crippen LogP contribution in [0.25, 0.3) is 0 Å². The van der Waals surface area contributed by atoms with E-state index in [1.807, 2.05) is 0 Å². The van der Waals surface area contributed by atoms with Gasteiger partial charge in [-0.2, -0.15) is 0 Å². The molecule has 1 aliphatic carbocycles. The van der Waals surface area contributed by atoms with Gasteiger partial charge in [-0.3, -0.25) is 0 Å². The smallest absolute Gasteiger partial charge is 0.122 e. The minimum Gasteiger partial charge on any atom is -0.633 e. The van der Waals surface area contributed by atoms with E-state index in [9.17, 15) is 5.21 Å². The predicted molar refractivity (Wildman–Crippen MR) is 154 cm³/mol. The molecule has 0 N–H and O–H groups in total. The van der Waals surface area contributed by atoms with E-state index in [1.54, 1.807) is 28.3 Å². The maximum Gasteiger partial charge on any atom is 0.122 e. The summed E-state index contributed by atoms with van der Waals surface area (Å²) in [5, 5.41) is 12.2. The molecule has 0 aromatic heterocycles. The summed E-state index contributed by atoms with van der Waals surface area (Å²) in [5.74, 6) is 2.38. The summed E-state index contributed by atoms with van der Waals surface area (Å²) in [7, 11) is 11.1. The van der Waals surface area contributed by atoms with Crippen molar-refractivity contribution in [2.24, 2.45) is 5.92 Å². The molecule has 37 heavy (non-hydrogen) atoms. The summed E-state index contributed by atoms with van der Waals surface area (Å²) < 4.78 is 11.5. The summed E-state index contributed by atoms with van der Waals surface area (Å²) in [6.07, 6.45) is 5.08. The van der Waals surface area contributed by atoms with Gasteiger partial charge >= 0.3 is 0 Å². The van der Waals surface area contributed by atoms with Crippen LogP contribution in [0.3, 0.4) is 0 Å². The first-order valence-corrected chi connectivity index (χ1v) is 13.3. The number of nitrogens with zero attached hydrogens (tertiary/aromatic N) is 2. The maximum absolute atomic E-state index is 12.2. The van der Waals surface area contributed by atoms with Gasteiger partial charge < -0.3 is 24.2 Å². The second kappa shape index (κ2) is 12.3. The largest absolute Gasteiger partial charge is 0.633 e. The van der Waals surface area contributed by atoms with Crippen LogP contribution in [0, 0.1) is 11.1 Å². The van der Waals surface area contributed by atoms with Gasteiger partial charge in [0.05, 0.1) is 34.9 Å². The van der Waals surface area contributed by atoms with Gasteiger partial charge in [-0.25, -0.2) is 0 Å². The third-order valence-electron chi connectivity index (χ3n) is 7.53. The Bertz CT molecular complexity index is 1110. The van der Waals surface area contributed by atoms with E-state index in [0.717, 1.165) is 42.9 Å². The lowest BCUT2D eigenvalue weighted by molar-refractivity contribution is -0.839. The second-order valence-electron chi connectivity index (χ2n) is 11.5. The molecule has 5 nitrogen and oxygen atoms in total. The van der Waals surface area contributed by atoms with E-state index in [-0.39, 0.29) is 22.4 Å². The molecule has 0 fully saturated rings. The summed E-state index contributed by atoms with van der Waals surface area (Å²) in [4.78, 5) is 2.22. The zero-order valence-corrected chi connectivity index (χ0v) is 24.1. The van der Waals surface area contributed by atoms with Crippen LogP contribution < -0.4 is 9.47 Å². The van der Waals surface area contributed by atoms with Gasteiger partial charge in [-0.1, -0.05) is 48.1 Å². The van der Waals surface area contributed by atoms with E-state index in [1.165, 1.54) is 27.8 Å². The Hall–Kier alpha value is -2.60. The molecule has 0 amide bonds. The normalized spacial score (nSPS) is 20.1. The second-order valence-corrected chi connectivity index (χ2v) is 11.5. The molecule has 5 heteroatoms. The minimum atomic E-state index is -0.299. The summed E-state index contributed by atoms with van der Waals surface area (Å²) in [6.45, 7) is 10.4. The highest BCUT2D eigenvalue weighted by Crippen LogP contribution is 2.51. The lowest BCUT2D eigenvalue weighted by atomic mass is 9.65. The van der Waals surface area contributed by atoms with Crippen molar-refractivity contribution in [3.63, 3.8) is 0 Å². The Morgan fingerprint density at radius 2 is 1.57 bits per heavy atom. The fourth-order valence-electron chi connectivity index (χ4n) is 5.62. The number of hydroxylamine groups is 3. The highest BCUT2D eigenvalue weighted by Gasteiger charge is 2.37. The van der Waals surface area contributed by atoms with E-state index >= 15 is 0 Å². The van der Waals surface area contributed by atoms with Gasteiger partial charge in [0.25, 0.3) is 0 Å².